The van der Waals surface area contributed by atoms with Crippen LogP contribution in [-0.2, 0) is 9.53 Å². The monoisotopic (exact) mass is 482 g/mol. The van der Waals surface area contributed by atoms with Gasteiger partial charge in [-0.05, 0) is 42.8 Å². The number of piperidine rings is 1. The van der Waals surface area contributed by atoms with Crippen LogP contribution in [0, 0.1) is 6.92 Å². The minimum Gasteiger partial charge on any atom is -0.378 e. The van der Waals surface area contributed by atoms with E-state index in [0.29, 0.717) is 31.0 Å². The van der Waals surface area contributed by atoms with Crippen molar-refractivity contribution >= 4 is 29.4 Å². The van der Waals surface area contributed by atoms with Crippen LogP contribution >= 0.6 is 0 Å². The lowest BCUT2D eigenvalue weighted by Crippen LogP contribution is -2.46. The van der Waals surface area contributed by atoms with Gasteiger partial charge >= 0.3 is 6.03 Å². The number of benzene rings is 2. The van der Waals surface area contributed by atoms with Crippen LogP contribution in [0.2, 0.25) is 0 Å². The fourth-order valence-corrected chi connectivity index (χ4v) is 4.60. The Balaban J connectivity index is 1.43. The molecule has 3 aromatic rings. The second kappa shape index (κ2) is 10.7. The summed E-state index contributed by atoms with van der Waals surface area (Å²) in [7, 11) is 0. The number of anilines is 2. The lowest BCUT2D eigenvalue weighted by molar-refractivity contribution is -0.118. The number of carbonyl (C=O) groups is 2. The average Bonchev–Trinajstić information content (AvgIpc) is 2.92. The van der Waals surface area contributed by atoms with E-state index in [1.54, 1.807) is 4.90 Å². The Morgan fingerprint density at radius 2 is 1.75 bits per heavy atom. The van der Waals surface area contributed by atoms with Gasteiger partial charge in [0, 0.05) is 30.9 Å². The first-order valence-corrected chi connectivity index (χ1v) is 12.3. The number of nitrogens with one attached hydrogen (secondary N) is 1. The van der Waals surface area contributed by atoms with E-state index in [1.165, 1.54) is 0 Å². The number of ketones is 1. The molecule has 184 valence electrons. The lowest BCUT2D eigenvalue weighted by atomic mass is 9.86. The summed E-state index contributed by atoms with van der Waals surface area (Å²) >= 11 is 0. The Morgan fingerprint density at radius 1 is 1.00 bits per heavy atom. The van der Waals surface area contributed by atoms with Gasteiger partial charge in [-0.3, -0.25) is 4.79 Å². The van der Waals surface area contributed by atoms with Crippen molar-refractivity contribution in [1.82, 2.24) is 9.88 Å². The molecule has 1 unspecified atom stereocenters. The summed E-state index contributed by atoms with van der Waals surface area (Å²) in [6, 6.07) is 22.9. The molecule has 1 aromatic heterocycles. The molecule has 0 spiro atoms. The van der Waals surface area contributed by atoms with E-state index < -0.39 is 5.92 Å². The number of ether oxygens (including phenoxy) is 1. The molecule has 0 saturated carbocycles. The van der Waals surface area contributed by atoms with Crippen molar-refractivity contribution in [3.05, 3.63) is 95.2 Å². The maximum absolute atomic E-state index is 13.6. The first-order valence-electron chi connectivity index (χ1n) is 12.3. The lowest BCUT2D eigenvalue weighted by Gasteiger charge is -2.33. The molecule has 0 aliphatic carbocycles. The Hall–Kier alpha value is -3.97. The van der Waals surface area contributed by atoms with Gasteiger partial charge in [0.05, 0.1) is 31.4 Å². The minimum absolute atomic E-state index is 0.0270. The normalized spacial score (nSPS) is 19.4. The van der Waals surface area contributed by atoms with Crippen molar-refractivity contribution in [1.29, 1.82) is 0 Å². The van der Waals surface area contributed by atoms with E-state index in [0.717, 1.165) is 35.7 Å². The van der Waals surface area contributed by atoms with E-state index in [9.17, 15) is 9.59 Å². The number of Topliss-reactive ketones (excluding diaryl/α,β-unsaturated/α-hetero) is 1. The molecule has 1 N–H and O–H groups in total. The zero-order valence-electron chi connectivity index (χ0n) is 20.4. The van der Waals surface area contributed by atoms with Gasteiger partial charge in [-0.25, -0.2) is 9.78 Å². The molecule has 2 saturated heterocycles. The van der Waals surface area contributed by atoms with Gasteiger partial charge < -0.3 is 19.9 Å². The van der Waals surface area contributed by atoms with E-state index in [1.807, 2.05) is 85.8 Å². The van der Waals surface area contributed by atoms with Crippen LogP contribution in [0.3, 0.4) is 0 Å². The number of hydrogen-bond acceptors (Lipinski definition) is 5. The number of carbonyl (C=O) groups excluding carboxylic acids is 2. The van der Waals surface area contributed by atoms with Crippen molar-refractivity contribution < 1.29 is 14.3 Å². The highest BCUT2D eigenvalue weighted by Crippen LogP contribution is 2.29. The van der Waals surface area contributed by atoms with Crippen molar-refractivity contribution in [2.75, 3.05) is 49.6 Å². The van der Waals surface area contributed by atoms with E-state index >= 15 is 0 Å². The predicted molar refractivity (Wildman–Crippen MR) is 141 cm³/mol. The predicted octanol–water partition coefficient (Wildman–Crippen LogP) is 4.51. The number of pyridine rings is 1. The number of morpholine rings is 1. The summed E-state index contributed by atoms with van der Waals surface area (Å²) in [5.41, 5.74) is 4.02. The Morgan fingerprint density at radius 3 is 2.50 bits per heavy atom. The molecule has 2 amide bonds. The fourth-order valence-electron chi connectivity index (χ4n) is 4.60. The highest BCUT2D eigenvalue weighted by Gasteiger charge is 2.34. The van der Waals surface area contributed by atoms with Gasteiger partial charge in [0.1, 0.15) is 5.82 Å². The largest absolute Gasteiger partial charge is 0.378 e. The topological polar surface area (TPSA) is 74.8 Å². The number of rotatable bonds is 4. The van der Waals surface area contributed by atoms with E-state index in [2.05, 4.69) is 10.2 Å². The summed E-state index contributed by atoms with van der Waals surface area (Å²) in [6.45, 7) is 5.47. The maximum Gasteiger partial charge on any atom is 0.322 e. The average molecular weight is 483 g/mol. The van der Waals surface area contributed by atoms with Crippen LogP contribution in [0.25, 0.3) is 6.08 Å². The second-order valence-corrected chi connectivity index (χ2v) is 9.19. The molecule has 5 rings (SSSR count). The Bertz CT molecular complexity index is 1250. The molecular formula is C29H30N4O3. The number of amides is 2. The van der Waals surface area contributed by atoms with Crippen molar-refractivity contribution in [3.8, 4) is 0 Å². The van der Waals surface area contributed by atoms with Crippen LogP contribution in [0.4, 0.5) is 16.3 Å². The quantitative estimate of drug-likeness (QED) is 0.554. The Labute approximate surface area is 211 Å². The summed E-state index contributed by atoms with van der Waals surface area (Å²) in [4.78, 5) is 35.5. The molecule has 7 heteroatoms. The molecular weight excluding hydrogens is 452 g/mol. The van der Waals surface area contributed by atoms with E-state index in [4.69, 9.17) is 9.72 Å². The zero-order chi connectivity index (χ0) is 24.9. The molecule has 2 aliphatic heterocycles. The number of hydrogen-bond donors (Lipinski definition) is 1. The standard InChI is InChI=1S/C29H30N4O3/c1-21-10-12-24(13-11-21)31-29(35)33-19-23(28(34)26(20-33)22-6-3-2-4-7-22)18-25-8-5-9-27(30-25)32-14-16-36-17-15-32/h2-13,18,26H,14-17,19-20H2,1H3,(H,31,35)/b23-18-. The molecule has 2 aromatic carbocycles. The summed E-state index contributed by atoms with van der Waals surface area (Å²) in [5.74, 6) is 0.459. The van der Waals surface area contributed by atoms with Crippen LogP contribution in [0.1, 0.15) is 22.7 Å². The third-order valence-corrected chi connectivity index (χ3v) is 6.60. The van der Waals surface area contributed by atoms with Crippen LogP contribution in [0.15, 0.2) is 78.4 Å². The number of aromatic nitrogens is 1. The molecule has 1 atom stereocenters. The van der Waals surface area contributed by atoms with Gasteiger partial charge in [-0.15, -0.1) is 0 Å². The smallest absolute Gasteiger partial charge is 0.322 e. The van der Waals surface area contributed by atoms with Gasteiger partial charge in [0.25, 0.3) is 0 Å². The molecule has 0 radical (unpaired) electrons. The molecule has 0 bridgehead atoms. The van der Waals surface area contributed by atoms with Gasteiger partial charge in [-0.2, -0.15) is 0 Å². The van der Waals surface area contributed by atoms with Gasteiger partial charge in [-0.1, -0.05) is 54.1 Å². The van der Waals surface area contributed by atoms with E-state index in [-0.39, 0.29) is 18.4 Å². The van der Waals surface area contributed by atoms with Crippen molar-refractivity contribution in [2.45, 2.75) is 12.8 Å². The fraction of sp³-hybridized carbons (Fsp3) is 0.276. The molecule has 3 heterocycles. The SMILES string of the molecule is Cc1ccc(NC(=O)N2C/C(=C/c3cccc(N4CCOCC4)n3)C(=O)C(c3ccccc3)C2)cc1. The molecule has 36 heavy (non-hydrogen) atoms. The minimum atomic E-state index is -0.433. The number of urea groups is 1. The van der Waals surface area contributed by atoms with Gasteiger partial charge in [0.2, 0.25) is 0 Å². The number of aryl methyl sites for hydroxylation is 1. The highest BCUT2D eigenvalue weighted by atomic mass is 16.5. The summed E-state index contributed by atoms with van der Waals surface area (Å²) < 4.78 is 5.45. The highest BCUT2D eigenvalue weighted by molar-refractivity contribution is 6.06. The zero-order valence-corrected chi connectivity index (χ0v) is 20.4. The molecule has 2 aliphatic rings. The number of nitrogens with zero attached hydrogens (tertiary/aromatic N) is 3. The number of likely N-dealkylation sites (tertiary alicyclic amines) is 1. The molecule has 7 nitrogen and oxygen atoms in total. The second-order valence-electron chi connectivity index (χ2n) is 9.19. The van der Waals surface area contributed by atoms with Crippen molar-refractivity contribution in [3.63, 3.8) is 0 Å². The first-order chi connectivity index (χ1) is 17.6. The maximum atomic E-state index is 13.6. The third-order valence-electron chi connectivity index (χ3n) is 6.60. The van der Waals surface area contributed by atoms with Crippen LogP contribution in [-0.4, -0.2) is 61.1 Å². The Kier molecular flexibility index (Phi) is 7.09. The van der Waals surface area contributed by atoms with Gasteiger partial charge in [0.15, 0.2) is 5.78 Å². The van der Waals surface area contributed by atoms with Crippen LogP contribution < -0.4 is 10.2 Å². The van der Waals surface area contributed by atoms with Crippen LogP contribution in [0.5, 0.6) is 0 Å². The van der Waals surface area contributed by atoms with Crippen molar-refractivity contribution in [2.24, 2.45) is 0 Å². The first kappa shape index (κ1) is 23.8. The summed E-state index contributed by atoms with van der Waals surface area (Å²) in [6.07, 6.45) is 1.83. The summed E-state index contributed by atoms with van der Waals surface area (Å²) in [5, 5.41) is 2.98. The third kappa shape index (κ3) is 5.47. The molecule has 2 fully saturated rings.